The first kappa shape index (κ1) is 18.7. The number of nitrogens with zero attached hydrogens (tertiary/aromatic N) is 2. The first-order chi connectivity index (χ1) is 11.7. The molecular formula is C17H24N2O4S2. The number of carbonyl (C=O) groups excluding carboxylic acids is 1. The molecule has 1 atom stereocenters. The summed E-state index contributed by atoms with van der Waals surface area (Å²) in [6.07, 6.45) is 0.802. The summed E-state index contributed by atoms with van der Waals surface area (Å²) in [5.41, 5.74) is 1.04. The van der Waals surface area contributed by atoms with Crippen LogP contribution in [-0.4, -0.2) is 73.9 Å². The maximum absolute atomic E-state index is 12.7. The van der Waals surface area contributed by atoms with E-state index in [1.807, 2.05) is 19.1 Å². The van der Waals surface area contributed by atoms with Gasteiger partial charge in [-0.15, -0.1) is 11.8 Å². The van der Waals surface area contributed by atoms with E-state index in [-0.39, 0.29) is 23.4 Å². The van der Waals surface area contributed by atoms with Crippen molar-refractivity contribution in [2.24, 2.45) is 0 Å². The Labute approximate surface area is 153 Å². The zero-order valence-corrected chi connectivity index (χ0v) is 16.4. The molecule has 0 radical (unpaired) electrons. The average molecular weight is 385 g/mol. The van der Waals surface area contributed by atoms with Gasteiger partial charge in [0.15, 0.2) is 0 Å². The van der Waals surface area contributed by atoms with Crippen molar-refractivity contribution in [3.8, 4) is 0 Å². The summed E-state index contributed by atoms with van der Waals surface area (Å²) in [6.45, 7) is 3.04. The molecular weight excluding hydrogens is 360 g/mol. The van der Waals surface area contributed by atoms with Crippen molar-refractivity contribution in [2.45, 2.75) is 29.1 Å². The van der Waals surface area contributed by atoms with Gasteiger partial charge in [0.05, 0.1) is 11.0 Å². The van der Waals surface area contributed by atoms with E-state index in [1.54, 1.807) is 38.0 Å². The molecule has 0 aliphatic carbocycles. The zero-order valence-electron chi connectivity index (χ0n) is 14.8. The molecule has 3 rings (SSSR count). The van der Waals surface area contributed by atoms with Crippen molar-refractivity contribution in [1.29, 1.82) is 0 Å². The third-order valence-corrected chi connectivity index (χ3v) is 8.09. The molecule has 25 heavy (non-hydrogen) atoms. The summed E-state index contributed by atoms with van der Waals surface area (Å²) in [5, 5.41) is 0. The maximum Gasteiger partial charge on any atom is 0.248 e. The van der Waals surface area contributed by atoms with E-state index in [9.17, 15) is 13.2 Å². The van der Waals surface area contributed by atoms with Crippen LogP contribution in [-0.2, 0) is 19.6 Å². The molecule has 0 unspecified atom stereocenters. The zero-order chi connectivity index (χ0) is 18.2. The summed E-state index contributed by atoms with van der Waals surface area (Å²) >= 11 is 1.76. The van der Waals surface area contributed by atoms with Gasteiger partial charge < -0.3 is 9.64 Å². The third kappa shape index (κ3) is 3.86. The van der Waals surface area contributed by atoms with Gasteiger partial charge in [-0.05, 0) is 25.5 Å². The summed E-state index contributed by atoms with van der Waals surface area (Å²) in [4.78, 5) is 13.5. The maximum atomic E-state index is 12.7. The van der Waals surface area contributed by atoms with Crippen LogP contribution in [0.5, 0.6) is 0 Å². The molecule has 2 fully saturated rings. The largest absolute Gasteiger partial charge is 0.367 e. The smallest absolute Gasteiger partial charge is 0.248 e. The fourth-order valence-electron chi connectivity index (χ4n) is 3.07. The Balaban J connectivity index is 1.55. The van der Waals surface area contributed by atoms with E-state index in [4.69, 9.17) is 4.74 Å². The SMILES string of the molecule is Cc1ccc(S(=O)(=O)N2CC3(C[C@@H](OCC(=O)N(C)C)CS3)C2)cc1. The number of rotatable bonds is 5. The van der Waals surface area contributed by atoms with Crippen LogP contribution in [0.15, 0.2) is 29.2 Å². The van der Waals surface area contributed by atoms with Gasteiger partial charge in [0, 0.05) is 37.7 Å². The number of ether oxygens (including phenoxy) is 1. The highest BCUT2D eigenvalue weighted by atomic mass is 32.2. The predicted octanol–water partition coefficient (Wildman–Crippen LogP) is 1.35. The first-order valence-electron chi connectivity index (χ1n) is 8.24. The lowest BCUT2D eigenvalue weighted by Crippen LogP contribution is -2.60. The van der Waals surface area contributed by atoms with Crippen LogP contribution in [0.3, 0.4) is 0 Å². The number of carbonyl (C=O) groups is 1. The minimum Gasteiger partial charge on any atom is -0.367 e. The molecule has 0 bridgehead atoms. The lowest BCUT2D eigenvalue weighted by molar-refractivity contribution is -0.135. The Bertz CT molecular complexity index is 740. The fraction of sp³-hybridized carbons (Fsp3) is 0.588. The van der Waals surface area contributed by atoms with Crippen LogP contribution in [0.25, 0.3) is 0 Å². The van der Waals surface area contributed by atoms with E-state index in [0.717, 1.165) is 17.7 Å². The lowest BCUT2D eigenvalue weighted by atomic mass is 9.95. The van der Waals surface area contributed by atoms with E-state index < -0.39 is 10.0 Å². The highest BCUT2D eigenvalue weighted by Gasteiger charge is 2.53. The summed E-state index contributed by atoms with van der Waals surface area (Å²) in [5.74, 6) is 0.752. The number of aryl methyl sites for hydroxylation is 1. The van der Waals surface area contributed by atoms with Crippen molar-refractivity contribution in [1.82, 2.24) is 9.21 Å². The van der Waals surface area contributed by atoms with Gasteiger partial charge in [-0.25, -0.2) is 8.42 Å². The van der Waals surface area contributed by atoms with E-state index in [2.05, 4.69) is 0 Å². The molecule has 6 nitrogen and oxygen atoms in total. The second-order valence-corrected chi connectivity index (χ2v) is 10.4. The van der Waals surface area contributed by atoms with E-state index in [0.29, 0.717) is 18.0 Å². The standard InChI is InChI=1S/C17H24N2O4S2/c1-13-4-6-15(7-5-13)25(21,22)19-11-17(12-19)8-14(10-24-17)23-9-16(20)18(2)3/h4-7,14H,8-12H2,1-3H3/t14-/m1/s1. The number of hydrogen-bond donors (Lipinski definition) is 0. The summed E-state index contributed by atoms with van der Waals surface area (Å²) < 4.78 is 32.5. The lowest BCUT2D eigenvalue weighted by Gasteiger charge is -2.46. The molecule has 2 aliphatic heterocycles. The molecule has 0 saturated carbocycles. The van der Waals surface area contributed by atoms with Gasteiger partial charge in [0.2, 0.25) is 15.9 Å². The van der Waals surface area contributed by atoms with E-state index >= 15 is 0 Å². The molecule has 1 aromatic rings. The fourth-order valence-corrected chi connectivity index (χ4v) is 6.40. The minimum atomic E-state index is -3.42. The normalized spacial score (nSPS) is 22.8. The second kappa shape index (κ2) is 6.90. The van der Waals surface area contributed by atoms with Crippen LogP contribution in [0.1, 0.15) is 12.0 Å². The van der Waals surface area contributed by atoms with Crippen LogP contribution >= 0.6 is 11.8 Å². The molecule has 0 N–H and O–H groups in total. The Morgan fingerprint density at radius 3 is 2.56 bits per heavy atom. The number of sulfonamides is 1. The second-order valence-electron chi connectivity index (χ2n) is 7.01. The Morgan fingerprint density at radius 2 is 1.96 bits per heavy atom. The third-order valence-electron chi connectivity index (χ3n) is 4.70. The van der Waals surface area contributed by atoms with Gasteiger partial charge in [-0.3, -0.25) is 4.79 Å². The van der Waals surface area contributed by atoms with E-state index in [1.165, 1.54) is 9.21 Å². The molecule has 138 valence electrons. The van der Waals surface area contributed by atoms with Gasteiger partial charge in [0.25, 0.3) is 0 Å². The number of likely N-dealkylation sites (N-methyl/N-ethyl adjacent to an activating group) is 1. The van der Waals surface area contributed by atoms with Crippen molar-refractivity contribution >= 4 is 27.7 Å². The monoisotopic (exact) mass is 384 g/mol. The van der Waals surface area contributed by atoms with Crippen LogP contribution in [0.4, 0.5) is 0 Å². The topological polar surface area (TPSA) is 66.9 Å². The molecule has 0 aromatic heterocycles. The van der Waals surface area contributed by atoms with Crippen LogP contribution in [0.2, 0.25) is 0 Å². The molecule has 8 heteroatoms. The first-order valence-corrected chi connectivity index (χ1v) is 10.7. The van der Waals surface area contributed by atoms with Crippen molar-refractivity contribution in [3.05, 3.63) is 29.8 Å². The number of benzene rings is 1. The Kier molecular flexibility index (Phi) is 5.16. The molecule has 1 aromatic carbocycles. The predicted molar refractivity (Wildman–Crippen MR) is 98.2 cm³/mol. The van der Waals surface area contributed by atoms with Gasteiger partial charge in [-0.2, -0.15) is 4.31 Å². The quantitative estimate of drug-likeness (QED) is 0.767. The molecule has 2 aliphatic rings. The molecule has 2 heterocycles. The molecule has 2 saturated heterocycles. The Hall–Kier alpha value is -1.09. The summed E-state index contributed by atoms with van der Waals surface area (Å²) in [6, 6.07) is 6.96. The van der Waals surface area contributed by atoms with Crippen LogP contribution < -0.4 is 0 Å². The highest BCUT2D eigenvalue weighted by Crippen LogP contribution is 2.47. The number of amides is 1. The molecule has 1 amide bonds. The van der Waals surface area contributed by atoms with Crippen molar-refractivity contribution < 1.29 is 17.9 Å². The van der Waals surface area contributed by atoms with Crippen molar-refractivity contribution in [3.63, 3.8) is 0 Å². The van der Waals surface area contributed by atoms with Crippen molar-refractivity contribution in [2.75, 3.05) is 39.5 Å². The minimum absolute atomic E-state index is 0.0122. The Morgan fingerprint density at radius 1 is 1.32 bits per heavy atom. The summed E-state index contributed by atoms with van der Waals surface area (Å²) in [7, 11) is -0.00912. The van der Waals surface area contributed by atoms with Crippen LogP contribution in [0, 0.1) is 6.92 Å². The molecule has 1 spiro atoms. The van der Waals surface area contributed by atoms with Gasteiger partial charge in [-0.1, -0.05) is 17.7 Å². The highest BCUT2D eigenvalue weighted by molar-refractivity contribution is 8.01. The van der Waals surface area contributed by atoms with Gasteiger partial charge >= 0.3 is 0 Å². The number of thioether (sulfide) groups is 1. The number of hydrogen-bond acceptors (Lipinski definition) is 5. The average Bonchev–Trinajstić information content (AvgIpc) is 2.96. The van der Waals surface area contributed by atoms with Gasteiger partial charge in [0.1, 0.15) is 6.61 Å².